The molecule has 3 heterocycles. The summed E-state index contributed by atoms with van der Waals surface area (Å²) in [6.45, 7) is 10.8. The number of nitrogens with zero attached hydrogens (tertiary/aromatic N) is 4. The van der Waals surface area contributed by atoms with Gasteiger partial charge >= 0.3 is 0 Å². The topological polar surface area (TPSA) is 51.7 Å². The van der Waals surface area contributed by atoms with E-state index in [4.69, 9.17) is 21.7 Å². The monoisotopic (exact) mass is 752 g/mol. The molecule has 1 aromatic heterocycles. The molecule has 10 heteroatoms. The number of ether oxygens (including phenoxy) is 2. The van der Waals surface area contributed by atoms with Gasteiger partial charge in [0.25, 0.3) is 0 Å². The van der Waals surface area contributed by atoms with Crippen LogP contribution in [0.15, 0.2) is 91.0 Å². The van der Waals surface area contributed by atoms with E-state index in [0.29, 0.717) is 18.8 Å². The summed E-state index contributed by atoms with van der Waals surface area (Å²) in [5.41, 5.74) is 8.07. The van der Waals surface area contributed by atoms with Crippen LogP contribution in [0.2, 0.25) is 0 Å². The van der Waals surface area contributed by atoms with Crippen molar-refractivity contribution in [2.45, 2.75) is 32.6 Å². The quantitative estimate of drug-likeness (QED) is 0.0956. The number of aromatic hydroxyl groups is 1. The van der Waals surface area contributed by atoms with Crippen LogP contribution in [0.5, 0.6) is 17.2 Å². The zero-order valence-electron chi connectivity index (χ0n) is 30.1. The van der Waals surface area contributed by atoms with E-state index < -0.39 is 0 Å². The Morgan fingerprint density at radius 3 is 1.46 bits per heavy atom. The van der Waals surface area contributed by atoms with Crippen LogP contribution in [0.3, 0.4) is 0 Å². The van der Waals surface area contributed by atoms with E-state index in [1.165, 1.54) is 27.1 Å². The van der Waals surface area contributed by atoms with Crippen LogP contribution >= 0.6 is 32.9 Å². The van der Waals surface area contributed by atoms with E-state index in [0.717, 1.165) is 104 Å². The number of phenolic OH excluding ortho intramolecular Hbond substituents is 1. The fourth-order valence-electron chi connectivity index (χ4n) is 7.42. The van der Waals surface area contributed by atoms with Gasteiger partial charge in [0.15, 0.2) is 0 Å². The first kappa shape index (κ1) is 36.7. The summed E-state index contributed by atoms with van der Waals surface area (Å²) in [5, 5.41) is 11.9. The molecule has 5 aromatic rings. The summed E-state index contributed by atoms with van der Waals surface area (Å²) in [6, 6.07) is 31.7. The summed E-state index contributed by atoms with van der Waals surface area (Å²) in [5.74, 6) is 2.32. The van der Waals surface area contributed by atoms with E-state index in [1.54, 1.807) is 34.9 Å². The van der Waals surface area contributed by atoms with E-state index >= 15 is 0 Å². The molecule has 2 aliphatic rings. The van der Waals surface area contributed by atoms with Crippen molar-refractivity contribution in [2.24, 2.45) is 0 Å². The summed E-state index contributed by atoms with van der Waals surface area (Å²) in [6.07, 6.45) is 0.808. The molecule has 272 valence electrons. The second kappa shape index (κ2) is 17.5. The molecule has 2 aliphatic heterocycles. The number of rotatable bonds is 13. The van der Waals surface area contributed by atoms with E-state index in [1.807, 2.05) is 24.3 Å². The van der Waals surface area contributed by atoms with Crippen LogP contribution in [-0.2, 0) is 32.6 Å². The Morgan fingerprint density at radius 1 is 0.577 bits per heavy atom. The molecule has 0 radical (unpaired) electrons. The van der Waals surface area contributed by atoms with Crippen LogP contribution in [0, 0.1) is 3.82 Å². The van der Waals surface area contributed by atoms with Crippen molar-refractivity contribution in [2.75, 3.05) is 66.6 Å². The maximum absolute atomic E-state index is 11.9. The zero-order valence-corrected chi connectivity index (χ0v) is 32.6. The predicted molar refractivity (Wildman–Crippen MR) is 216 cm³/mol. The molecule has 0 spiro atoms. The van der Waals surface area contributed by atoms with Crippen molar-refractivity contribution < 1.29 is 14.6 Å². The molecule has 0 amide bonds. The lowest BCUT2D eigenvalue weighted by atomic mass is 9.98. The number of methoxy groups -OCH3 is 2. The Bertz CT molecular complexity index is 1890. The molecule has 0 atom stereocenters. The van der Waals surface area contributed by atoms with Crippen molar-refractivity contribution in [1.29, 1.82) is 0 Å². The first-order chi connectivity index (χ1) is 25.5. The Labute approximate surface area is 320 Å². The smallest absolute Gasteiger partial charge is 0.124 e. The van der Waals surface area contributed by atoms with E-state index in [9.17, 15) is 5.11 Å². The number of hydrogen-bond acceptors (Lipinski definition) is 10. The molecule has 2 saturated heterocycles. The van der Waals surface area contributed by atoms with Gasteiger partial charge in [-0.2, -0.15) is 0 Å². The zero-order chi connectivity index (χ0) is 35.9. The largest absolute Gasteiger partial charge is 0.507 e. The SMILES string of the molecule is COc1ccccc1CN1CCN(Cc2cc(-c3ssc(=S)c3Cc3ccccc3)cc(CN3CCN(Cc4ccccc4OC)CC3)c2O)CC1. The third kappa shape index (κ3) is 8.94. The summed E-state index contributed by atoms with van der Waals surface area (Å²) in [7, 11) is 6.94. The van der Waals surface area contributed by atoms with Gasteiger partial charge in [0, 0.05) is 113 Å². The number of piperazine rings is 2. The third-order valence-corrected chi connectivity index (χ3v) is 13.6. The molecule has 0 unspecified atom stereocenters. The molecule has 1 N–H and O–H groups in total. The van der Waals surface area contributed by atoms with Gasteiger partial charge in [-0.25, -0.2) is 0 Å². The Balaban J connectivity index is 1.09. The van der Waals surface area contributed by atoms with Crippen molar-refractivity contribution in [1.82, 2.24) is 19.6 Å². The van der Waals surface area contributed by atoms with Crippen molar-refractivity contribution >= 4 is 32.9 Å². The minimum atomic E-state index is 0.431. The van der Waals surface area contributed by atoms with Gasteiger partial charge in [0.2, 0.25) is 0 Å². The average Bonchev–Trinajstić information content (AvgIpc) is 3.54. The third-order valence-electron chi connectivity index (χ3n) is 10.4. The molecule has 0 aliphatic carbocycles. The normalized spacial score (nSPS) is 16.3. The highest BCUT2D eigenvalue weighted by molar-refractivity contribution is 7.80. The fraction of sp³-hybridized carbons (Fsp3) is 0.357. The van der Waals surface area contributed by atoms with Crippen molar-refractivity contribution in [3.63, 3.8) is 0 Å². The van der Waals surface area contributed by atoms with Crippen LogP contribution in [0.4, 0.5) is 0 Å². The molecule has 2 fully saturated rings. The maximum Gasteiger partial charge on any atom is 0.124 e. The minimum Gasteiger partial charge on any atom is -0.507 e. The molecule has 52 heavy (non-hydrogen) atoms. The molecule has 0 bridgehead atoms. The first-order valence-corrected chi connectivity index (χ1v) is 20.7. The lowest BCUT2D eigenvalue weighted by molar-refractivity contribution is 0.118. The highest BCUT2D eigenvalue weighted by atomic mass is 32.9. The van der Waals surface area contributed by atoms with Gasteiger partial charge in [0.05, 0.1) is 19.1 Å². The van der Waals surface area contributed by atoms with Crippen molar-refractivity contribution in [3.8, 4) is 27.7 Å². The molecule has 0 saturated carbocycles. The summed E-state index contributed by atoms with van der Waals surface area (Å²) < 4.78 is 12.2. The Hall–Kier alpha value is -3.61. The highest BCUT2D eigenvalue weighted by Crippen LogP contribution is 2.40. The van der Waals surface area contributed by atoms with E-state index in [2.05, 4.69) is 86.3 Å². The van der Waals surface area contributed by atoms with Crippen LogP contribution in [0.1, 0.15) is 33.4 Å². The molecule has 7 nitrogen and oxygen atoms in total. The standard InChI is InChI=1S/C42H48N4O3S3/c1-48-38-14-8-6-12-32(38)27-43-16-20-45(21-17-43)29-35-25-34(41-37(42(50)52-51-41)24-31-10-4-3-5-11-31)26-36(40(35)47)30-46-22-18-44(19-23-46)28-33-13-7-9-15-39(33)49-2/h3-15,25-26,47H,16-24,27-30H2,1-2H3. The van der Waals surface area contributed by atoms with Gasteiger partial charge in [-0.3, -0.25) is 19.6 Å². The summed E-state index contributed by atoms with van der Waals surface area (Å²) >= 11 is 5.91. The van der Waals surface area contributed by atoms with E-state index in [-0.39, 0.29) is 0 Å². The number of phenols is 1. The number of hydrogen-bond donors (Lipinski definition) is 1. The van der Waals surface area contributed by atoms with Gasteiger partial charge in [-0.1, -0.05) is 99.6 Å². The maximum atomic E-state index is 11.9. The van der Waals surface area contributed by atoms with Gasteiger partial charge in [-0.15, -0.1) is 0 Å². The molecule has 7 rings (SSSR count). The van der Waals surface area contributed by atoms with Crippen molar-refractivity contribution in [3.05, 3.63) is 128 Å². The van der Waals surface area contributed by atoms with Crippen LogP contribution < -0.4 is 9.47 Å². The second-order valence-electron chi connectivity index (χ2n) is 13.8. The van der Waals surface area contributed by atoms with Crippen LogP contribution in [-0.4, -0.2) is 91.3 Å². The second-order valence-corrected chi connectivity index (χ2v) is 16.6. The number of para-hydroxylation sites is 2. The Kier molecular flexibility index (Phi) is 12.3. The Morgan fingerprint density at radius 2 is 1.00 bits per heavy atom. The first-order valence-electron chi connectivity index (χ1n) is 18.1. The lowest BCUT2D eigenvalue weighted by Crippen LogP contribution is -2.45. The average molecular weight is 753 g/mol. The summed E-state index contributed by atoms with van der Waals surface area (Å²) in [4.78, 5) is 11.2. The molecular weight excluding hydrogens is 705 g/mol. The molecular formula is C42H48N4O3S3. The minimum absolute atomic E-state index is 0.431. The van der Waals surface area contributed by atoms with Gasteiger partial charge < -0.3 is 14.6 Å². The van der Waals surface area contributed by atoms with Gasteiger partial charge in [-0.05, 0) is 35.4 Å². The lowest BCUT2D eigenvalue weighted by Gasteiger charge is -2.36. The number of benzene rings is 4. The predicted octanol–water partition coefficient (Wildman–Crippen LogP) is 8.16. The fourth-order valence-corrected chi connectivity index (χ4v) is 10.3. The van der Waals surface area contributed by atoms with Crippen LogP contribution in [0.25, 0.3) is 10.4 Å². The molecule has 4 aromatic carbocycles. The van der Waals surface area contributed by atoms with Gasteiger partial charge in [0.1, 0.15) is 21.1 Å². The highest BCUT2D eigenvalue weighted by Gasteiger charge is 2.24.